The Bertz CT molecular complexity index is 772. The van der Waals surface area contributed by atoms with Crippen molar-refractivity contribution >= 4 is 28.9 Å². The van der Waals surface area contributed by atoms with Crippen LogP contribution in [0.15, 0.2) is 42.5 Å². The highest BCUT2D eigenvalue weighted by Gasteiger charge is 2.12. The van der Waals surface area contributed by atoms with Gasteiger partial charge < -0.3 is 20.3 Å². The van der Waals surface area contributed by atoms with Crippen molar-refractivity contribution in [2.45, 2.75) is 20.3 Å². The molecule has 0 aliphatic heterocycles. The molecular formula is C20H25N3O3. The van der Waals surface area contributed by atoms with Gasteiger partial charge >= 0.3 is 0 Å². The molecule has 0 spiro atoms. The van der Waals surface area contributed by atoms with E-state index in [4.69, 9.17) is 4.74 Å². The van der Waals surface area contributed by atoms with Crippen LogP contribution >= 0.6 is 0 Å². The Hall–Kier alpha value is -3.02. The fourth-order valence-electron chi connectivity index (χ4n) is 2.58. The summed E-state index contributed by atoms with van der Waals surface area (Å²) in [6.07, 6.45) is 1.06. The summed E-state index contributed by atoms with van der Waals surface area (Å²) in [5, 5.41) is 5.54. The summed E-state index contributed by atoms with van der Waals surface area (Å²) >= 11 is 0. The minimum absolute atomic E-state index is 0.214. The second-order valence-electron chi connectivity index (χ2n) is 6.02. The van der Waals surface area contributed by atoms with Crippen LogP contribution in [0.1, 0.15) is 30.6 Å². The van der Waals surface area contributed by atoms with Gasteiger partial charge in [-0.3, -0.25) is 9.59 Å². The molecule has 2 amide bonds. The van der Waals surface area contributed by atoms with Crippen molar-refractivity contribution in [2.75, 3.05) is 36.2 Å². The molecule has 2 aromatic rings. The number of benzene rings is 2. The predicted molar refractivity (Wildman–Crippen MR) is 105 cm³/mol. The van der Waals surface area contributed by atoms with E-state index >= 15 is 0 Å². The van der Waals surface area contributed by atoms with Crippen LogP contribution in [0.5, 0.6) is 5.75 Å². The molecule has 138 valence electrons. The molecule has 0 atom stereocenters. The molecule has 0 aromatic heterocycles. The largest absolute Gasteiger partial charge is 0.497 e. The Labute approximate surface area is 154 Å². The van der Waals surface area contributed by atoms with E-state index in [0.717, 1.165) is 18.7 Å². The Kier molecular flexibility index (Phi) is 6.60. The molecule has 0 aliphatic rings. The van der Waals surface area contributed by atoms with Crippen molar-refractivity contribution in [1.82, 2.24) is 0 Å². The lowest BCUT2D eigenvalue weighted by Crippen LogP contribution is -2.18. The summed E-state index contributed by atoms with van der Waals surface area (Å²) in [7, 11) is 3.57. The van der Waals surface area contributed by atoms with Crippen LogP contribution in [0.25, 0.3) is 0 Å². The maximum atomic E-state index is 12.6. The van der Waals surface area contributed by atoms with Gasteiger partial charge in [-0.1, -0.05) is 6.92 Å². The molecule has 6 heteroatoms. The number of carbonyl (C=O) groups is 2. The lowest BCUT2D eigenvalue weighted by atomic mass is 10.1. The second kappa shape index (κ2) is 8.89. The van der Waals surface area contributed by atoms with E-state index in [1.54, 1.807) is 37.4 Å². The summed E-state index contributed by atoms with van der Waals surface area (Å²) in [6.45, 7) is 4.50. The van der Waals surface area contributed by atoms with Gasteiger partial charge in [-0.2, -0.15) is 0 Å². The quantitative estimate of drug-likeness (QED) is 0.793. The van der Waals surface area contributed by atoms with E-state index < -0.39 is 0 Å². The number of carbonyl (C=O) groups excluding carboxylic acids is 2. The number of ether oxygens (including phenoxy) is 1. The first kappa shape index (κ1) is 19.3. The maximum Gasteiger partial charge on any atom is 0.255 e. The minimum atomic E-state index is -0.255. The highest BCUT2D eigenvalue weighted by atomic mass is 16.5. The summed E-state index contributed by atoms with van der Waals surface area (Å²) in [5.41, 5.74) is 2.60. The molecule has 2 rings (SSSR count). The van der Waals surface area contributed by atoms with Gasteiger partial charge in [0.05, 0.1) is 18.5 Å². The van der Waals surface area contributed by atoms with E-state index in [9.17, 15) is 9.59 Å². The highest BCUT2D eigenvalue weighted by molar-refractivity contribution is 6.07. The maximum absolute atomic E-state index is 12.6. The predicted octanol–water partition coefficient (Wildman–Crippen LogP) is 3.75. The highest BCUT2D eigenvalue weighted by Crippen LogP contribution is 2.28. The summed E-state index contributed by atoms with van der Waals surface area (Å²) in [5.74, 6) is 0.120. The van der Waals surface area contributed by atoms with Crippen molar-refractivity contribution in [1.29, 1.82) is 0 Å². The van der Waals surface area contributed by atoms with Crippen LogP contribution in [0.2, 0.25) is 0 Å². The van der Waals surface area contributed by atoms with E-state index in [1.807, 2.05) is 19.2 Å². The van der Waals surface area contributed by atoms with Gasteiger partial charge in [0, 0.05) is 37.8 Å². The number of hydrogen-bond acceptors (Lipinski definition) is 4. The van der Waals surface area contributed by atoms with Crippen molar-refractivity contribution in [2.24, 2.45) is 0 Å². The third-order valence-corrected chi connectivity index (χ3v) is 3.91. The molecule has 0 saturated carbocycles. The van der Waals surface area contributed by atoms with Crippen molar-refractivity contribution in [3.8, 4) is 5.75 Å². The van der Waals surface area contributed by atoms with Gasteiger partial charge in [0.25, 0.3) is 5.91 Å². The van der Waals surface area contributed by atoms with E-state index in [2.05, 4.69) is 22.5 Å². The van der Waals surface area contributed by atoms with E-state index in [1.165, 1.54) is 6.92 Å². The summed E-state index contributed by atoms with van der Waals surface area (Å²) < 4.78 is 5.20. The molecule has 0 bridgehead atoms. The zero-order valence-electron chi connectivity index (χ0n) is 15.6. The minimum Gasteiger partial charge on any atom is -0.497 e. The summed E-state index contributed by atoms with van der Waals surface area (Å²) in [6, 6.07) is 12.5. The van der Waals surface area contributed by atoms with Crippen LogP contribution in [-0.2, 0) is 4.79 Å². The molecule has 0 heterocycles. The number of anilines is 3. The number of methoxy groups -OCH3 is 1. The molecule has 0 aliphatic carbocycles. The third kappa shape index (κ3) is 4.99. The lowest BCUT2D eigenvalue weighted by Gasteiger charge is -2.18. The smallest absolute Gasteiger partial charge is 0.255 e. The molecule has 0 unspecified atom stereocenters. The van der Waals surface area contributed by atoms with Crippen LogP contribution in [0.4, 0.5) is 17.1 Å². The molecule has 0 radical (unpaired) electrons. The number of rotatable bonds is 7. The van der Waals surface area contributed by atoms with Crippen molar-refractivity contribution in [3.63, 3.8) is 0 Å². The average molecular weight is 355 g/mol. The van der Waals surface area contributed by atoms with Gasteiger partial charge in [-0.05, 0) is 42.8 Å². The number of amides is 2. The number of nitrogens with one attached hydrogen (secondary N) is 2. The number of hydrogen-bond donors (Lipinski definition) is 2. The van der Waals surface area contributed by atoms with Gasteiger partial charge in [0.1, 0.15) is 5.75 Å². The monoisotopic (exact) mass is 355 g/mol. The normalized spacial score (nSPS) is 10.2. The molecule has 26 heavy (non-hydrogen) atoms. The first-order valence-corrected chi connectivity index (χ1v) is 8.52. The van der Waals surface area contributed by atoms with Crippen LogP contribution in [0, 0.1) is 0 Å². The Morgan fingerprint density at radius 2 is 1.73 bits per heavy atom. The topological polar surface area (TPSA) is 70.7 Å². The van der Waals surface area contributed by atoms with Crippen LogP contribution in [-0.4, -0.2) is 32.5 Å². The fourth-order valence-corrected chi connectivity index (χ4v) is 2.58. The van der Waals surface area contributed by atoms with E-state index in [-0.39, 0.29) is 11.8 Å². The number of nitrogens with zero attached hydrogens (tertiary/aromatic N) is 1. The van der Waals surface area contributed by atoms with Gasteiger partial charge in [-0.25, -0.2) is 0 Å². The molecular weight excluding hydrogens is 330 g/mol. The van der Waals surface area contributed by atoms with Crippen molar-refractivity contribution in [3.05, 3.63) is 48.0 Å². The third-order valence-electron chi connectivity index (χ3n) is 3.91. The Morgan fingerprint density at radius 3 is 2.31 bits per heavy atom. The molecule has 0 fully saturated rings. The summed E-state index contributed by atoms with van der Waals surface area (Å²) in [4.78, 5) is 26.1. The zero-order chi connectivity index (χ0) is 19.1. The standard InChI is InChI=1S/C20H25N3O3/c1-5-12-23(3)16-8-6-15(7-9-16)20(25)22-19-13-17(26-4)10-11-18(19)21-14(2)24/h6-11,13H,5,12H2,1-4H3,(H,21,24)(H,22,25). The molecule has 6 nitrogen and oxygen atoms in total. The van der Waals surface area contributed by atoms with Crippen LogP contribution < -0.4 is 20.3 Å². The molecule has 2 N–H and O–H groups in total. The molecule has 0 saturated heterocycles. The van der Waals surface area contributed by atoms with Gasteiger partial charge in [0.2, 0.25) is 5.91 Å². The van der Waals surface area contributed by atoms with Crippen LogP contribution in [0.3, 0.4) is 0 Å². The first-order chi connectivity index (χ1) is 12.4. The molecule has 2 aromatic carbocycles. The fraction of sp³-hybridized carbons (Fsp3) is 0.300. The van der Waals surface area contributed by atoms with Crippen molar-refractivity contribution < 1.29 is 14.3 Å². The first-order valence-electron chi connectivity index (χ1n) is 8.52. The Morgan fingerprint density at radius 1 is 1.04 bits per heavy atom. The second-order valence-corrected chi connectivity index (χ2v) is 6.02. The Balaban J connectivity index is 2.19. The van der Waals surface area contributed by atoms with Gasteiger partial charge in [0.15, 0.2) is 0 Å². The lowest BCUT2D eigenvalue weighted by molar-refractivity contribution is -0.114. The average Bonchev–Trinajstić information content (AvgIpc) is 2.63. The SMILES string of the molecule is CCCN(C)c1ccc(C(=O)Nc2cc(OC)ccc2NC(C)=O)cc1. The zero-order valence-corrected chi connectivity index (χ0v) is 15.6. The van der Waals surface area contributed by atoms with E-state index in [0.29, 0.717) is 22.7 Å². The van der Waals surface area contributed by atoms with Gasteiger partial charge in [-0.15, -0.1) is 0 Å².